The Bertz CT molecular complexity index is 989. The molecule has 4 nitrogen and oxygen atoms in total. The van der Waals surface area contributed by atoms with E-state index in [-0.39, 0.29) is 12.5 Å². The van der Waals surface area contributed by atoms with E-state index in [0.717, 1.165) is 16.7 Å². The molecule has 0 aromatic heterocycles. The first kappa shape index (κ1) is 20.3. The highest BCUT2D eigenvalue weighted by Gasteiger charge is 2.15. The predicted octanol–water partition coefficient (Wildman–Crippen LogP) is 5.58. The lowest BCUT2D eigenvalue weighted by atomic mass is 9.99. The van der Waals surface area contributed by atoms with E-state index >= 15 is 0 Å². The van der Waals surface area contributed by atoms with E-state index in [1.807, 2.05) is 67.6 Å². The summed E-state index contributed by atoms with van der Waals surface area (Å²) in [5, 5.41) is 2.75. The predicted molar refractivity (Wildman–Crippen MR) is 116 cm³/mol. The Labute approximate surface area is 171 Å². The Hall–Kier alpha value is -3.40. The van der Waals surface area contributed by atoms with E-state index in [2.05, 4.69) is 19.2 Å². The highest BCUT2D eigenvalue weighted by molar-refractivity contribution is 5.99. The zero-order valence-electron chi connectivity index (χ0n) is 16.9. The maximum absolute atomic E-state index is 12.6. The minimum Gasteiger partial charge on any atom is -0.452 e. The van der Waals surface area contributed by atoms with E-state index < -0.39 is 5.97 Å². The van der Waals surface area contributed by atoms with Gasteiger partial charge in [0.05, 0.1) is 5.56 Å². The van der Waals surface area contributed by atoms with Crippen LogP contribution in [0.1, 0.15) is 41.3 Å². The number of benzene rings is 3. The molecule has 3 rings (SSSR count). The van der Waals surface area contributed by atoms with Gasteiger partial charge in [-0.3, -0.25) is 4.79 Å². The minimum absolute atomic E-state index is 0.340. The van der Waals surface area contributed by atoms with Crippen LogP contribution in [0.5, 0.6) is 0 Å². The Balaban J connectivity index is 1.63. The van der Waals surface area contributed by atoms with Gasteiger partial charge >= 0.3 is 5.97 Å². The van der Waals surface area contributed by atoms with Crippen LogP contribution in [0.25, 0.3) is 11.1 Å². The maximum atomic E-state index is 12.6. The molecule has 0 heterocycles. The Kier molecular flexibility index (Phi) is 6.45. The number of carbonyl (C=O) groups excluding carboxylic acids is 2. The van der Waals surface area contributed by atoms with Crippen molar-refractivity contribution in [3.8, 4) is 11.1 Å². The van der Waals surface area contributed by atoms with Crippen molar-refractivity contribution in [1.82, 2.24) is 0 Å². The van der Waals surface area contributed by atoms with Gasteiger partial charge in [-0.05, 0) is 47.7 Å². The van der Waals surface area contributed by atoms with Gasteiger partial charge in [0.1, 0.15) is 0 Å². The van der Waals surface area contributed by atoms with Crippen LogP contribution < -0.4 is 5.32 Å². The summed E-state index contributed by atoms with van der Waals surface area (Å²) in [6.07, 6.45) is 0. The third kappa shape index (κ3) is 5.32. The third-order valence-electron chi connectivity index (χ3n) is 4.71. The van der Waals surface area contributed by atoms with E-state index in [9.17, 15) is 9.59 Å². The molecule has 0 aliphatic rings. The lowest BCUT2D eigenvalue weighted by Gasteiger charge is -2.11. The van der Waals surface area contributed by atoms with E-state index in [1.165, 1.54) is 5.56 Å². The van der Waals surface area contributed by atoms with Crippen molar-refractivity contribution in [2.45, 2.75) is 26.7 Å². The zero-order valence-corrected chi connectivity index (χ0v) is 16.9. The molecule has 0 saturated carbocycles. The number of esters is 1. The molecule has 148 valence electrons. The van der Waals surface area contributed by atoms with E-state index in [0.29, 0.717) is 17.2 Å². The van der Waals surface area contributed by atoms with Crippen LogP contribution in [0.15, 0.2) is 72.8 Å². The van der Waals surface area contributed by atoms with Gasteiger partial charge in [-0.25, -0.2) is 4.79 Å². The lowest BCUT2D eigenvalue weighted by Crippen LogP contribution is -2.21. The second-order valence-electron chi connectivity index (χ2n) is 7.31. The largest absolute Gasteiger partial charge is 0.452 e. The summed E-state index contributed by atoms with van der Waals surface area (Å²) in [6, 6.07) is 22.8. The highest BCUT2D eigenvalue weighted by atomic mass is 16.5. The first-order valence-electron chi connectivity index (χ1n) is 9.67. The second kappa shape index (κ2) is 9.20. The smallest absolute Gasteiger partial charge is 0.339 e. The molecular weight excluding hydrogens is 362 g/mol. The number of nitrogens with one attached hydrogen (secondary N) is 1. The van der Waals surface area contributed by atoms with Crippen LogP contribution >= 0.6 is 0 Å². The summed E-state index contributed by atoms with van der Waals surface area (Å²) in [5.41, 5.74) is 5.16. The number of aryl methyl sites for hydroxylation is 1. The fourth-order valence-electron chi connectivity index (χ4n) is 3.00. The molecule has 0 unspecified atom stereocenters. The van der Waals surface area contributed by atoms with E-state index in [1.54, 1.807) is 12.1 Å². The summed E-state index contributed by atoms with van der Waals surface area (Å²) < 4.78 is 5.26. The number of hydrogen-bond acceptors (Lipinski definition) is 3. The Morgan fingerprint density at radius 1 is 0.897 bits per heavy atom. The number of amides is 1. The molecule has 0 atom stereocenters. The molecule has 4 heteroatoms. The molecule has 0 saturated heterocycles. The van der Waals surface area contributed by atoms with Gasteiger partial charge in [0.2, 0.25) is 0 Å². The fraction of sp³-hybridized carbons (Fsp3) is 0.200. The van der Waals surface area contributed by atoms with Crippen molar-refractivity contribution >= 4 is 17.6 Å². The van der Waals surface area contributed by atoms with Gasteiger partial charge in [-0.15, -0.1) is 0 Å². The van der Waals surface area contributed by atoms with Gasteiger partial charge < -0.3 is 10.1 Å². The summed E-state index contributed by atoms with van der Waals surface area (Å²) in [4.78, 5) is 24.8. The normalized spacial score (nSPS) is 10.6. The van der Waals surface area contributed by atoms with Gasteiger partial charge in [-0.2, -0.15) is 0 Å². The first-order chi connectivity index (χ1) is 13.9. The Morgan fingerprint density at radius 3 is 2.21 bits per heavy atom. The van der Waals surface area contributed by atoms with Crippen LogP contribution in [0.4, 0.5) is 5.69 Å². The number of rotatable bonds is 6. The monoisotopic (exact) mass is 387 g/mol. The third-order valence-corrected chi connectivity index (χ3v) is 4.71. The van der Waals surface area contributed by atoms with E-state index in [4.69, 9.17) is 4.74 Å². The molecule has 3 aromatic carbocycles. The summed E-state index contributed by atoms with van der Waals surface area (Å²) >= 11 is 0. The standard InChI is InChI=1S/C25H25NO3/c1-17(2)19-12-14-21(15-13-19)26-24(27)16-29-25(28)23-7-5-4-6-22(23)20-10-8-18(3)9-11-20/h4-15,17H,16H2,1-3H3,(H,26,27). The average Bonchev–Trinajstić information content (AvgIpc) is 2.73. The number of carbonyl (C=O) groups is 2. The van der Waals surface area contributed by atoms with Gasteiger partial charge in [-0.1, -0.05) is 74.0 Å². The number of hydrogen-bond donors (Lipinski definition) is 1. The number of anilines is 1. The molecule has 0 radical (unpaired) electrons. The maximum Gasteiger partial charge on any atom is 0.339 e. The molecule has 0 bridgehead atoms. The number of ether oxygens (including phenoxy) is 1. The zero-order chi connectivity index (χ0) is 20.8. The highest BCUT2D eigenvalue weighted by Crippen LogP contribution is 2.24. The molecule has 1 amide bonds. The minimum atomic E-state index is -0.522. The fourth-order valence-corrected chi connectivity index (χ4v) is 3.00. The summed E-state index contributed by atoms with van der Waals surface area (Å²) in [7, 11) is 0. The van der Waals surface area contributed by atoms with Crippen molar-refractivity contribution < 1.29 is 14.3 Å². The molecule has 0 aliphatic heterocycles. The summed E-state index contributed by atoms with van der Waals surface area (Å²) in [5.74, 6) is -0.468. The molecule has 0 fully saturated rings. The topological polar surface area (TPSA) is 55.4 Å². The van der Waals surface area contributed by atoms with Crippen LogP contribution in [0, 0.1) is 6.92 Å². The first-order valence-corrected chi connectivity index (χ1v) is 9.67. The van der Waals surface area contributed by atoms with Crippen molar-refractivity contribution in [3.05, 3.63) is 89.5 Å². The SMILES string of the molecule is Cc1ccc(-c2ccccc2C(=O)OCC(=O)Nc2ccc(C(C)C)cc2)cc1. The van der Waals surface area contributed by atoms with Crippen molar-refractivity contribution in [2.75, 3.05) is 11.9 Å². The summed E-state index contributed by atoms with van der Waals surface area (Å²) in [6.45, 7) is 5.90. The molecule has 0 aliphatic carbocycles. The molecule has 0 spiro atoms. The van der Waals surface area contributed by atoms with Crippen molar-refractivity contribution in [1.29, 1.82) is 0 Å². The van der Waals surface area contributed by atoms with Crippen molar-refractivity contribution in [3.63, 3.8) is 0 Å². The van der Waals surface area contributed by atoms with Gasteiger partial charge in [0.15, 0.2) is 6.61 Å². The average molecular weight is 387 g/mol. The van der Waals surface area contributed by atoms with Crippen molar-refractivity contribution in [2.24, 2.45) is 0 Å². The second-order valence-corrected chi connectivity index (χ2v) is 7.31. The van der Waals surface area contributed by atoms with Gasteiger partial charge in [0, 0.05) is 5.69 Å². The van der Waals surface area contributed by atoms with Crippen LogP contribution in [-0.4, -0.2) is 18.5 Å². The van der Waals surface area contributed by atoms with Gasteiger partial charge in [0.25, 0.3) is 5.91 Å². The van der Waals surface area contributed by atoms with Crippen LogP contribution in [0.3, 0.4) is 0 Å². The van der Waals surface area contributed by atoms with Crippen LogP contribution in [-0.2, 0) is 9.53 Å². The lowest BCUT2D eigenvalue weighted by molar-refractivity contribution is -0.119. The molecule has 29 heavy (non-hydrogen) atoms. The van der Waals surface area contributed by atoms with Crippen LogP contribution in [0.2, 0.25) is 0 Å². The molecular formula is C25H25NO3. The Morgan fingerprint density at radius 2 is 1.55 bits per heavy atom. The molecule has 1 N–H and O–H groups in total. The molecule has 3 aromatic rings. The quantitative estimate of drug-likeness (QED) is 0.562.